The molecule has 3 rings (SSSR count). The van der Waals surface area contributed by atoms with Gasteiger partial charge in [0, 0.05) is 38.0 Å². The fraction of sp³-hybridized carbons (Fsp3) is 0.294. The Labute approximate surface area is 151 Å². The minimum Gasteiger partial charge on any atom is -0.387 e. The lowest BCUT2D eigenvalue weighted by molar-refractivity contribution is -0.384. The summed E-state index contributed by atoms with van der Waals surface area (Å²) in [5.74, 6) is 0. The van der Waals surface area contributed by atoms with Crippen molar-refractivity contribution in [3.8, 4) is 0 Å². The standard InChI is InChI=1S/C17H19N3O5S/c1-19-9-8-12-10-13(2-7-16(12)19)17(21)11-18-26(24,25)15-5-3-14(4-6-15)20(22)23/h2-7,10,17-18,21H,8-9,11H2,1H3. The number of rotatable bonds is 6. The Bertz CT molecular complexity index is 928. The van der Waals surface area contributed by atoms with Gasteiger partial charge in [0.25, 0.3) is 5.69 Å². The van der Waals surface area contributed by atoms with E-state index >= 15 is 0 Å². The molecule has 0 aromatic heterocycles. The van der Waals surface area contributed by atoms with Crippen LogP contribution < -0.4 is 9.62 Å². The number of benzene rings is 2. The van der Waals surface area contributed by atoms with Crippen molar-refractivity contribution in [3.63, 3.8) is 0 Å². The Hall–Kier alpha value is -2.49. The molecule has 1 heterocycles. The predicted octanol–water partition coefficient (Wildman–Crippen LogP) is 1.60. The second kappa shape index (κ2) is 7.02. The van der Waals surface area contributed by atoms with Gasteiger partial charge in [0.2, 0.25) is 10.0 Å². The maximum absolute atomic E-state index is 12.3. The van der Waals surface area contributed by atoms with E-state index < -0.39 is 21.1 Å². The van der Waals surface area contributed by atoms with Crippen LogP contribution in [-0.2, 0) is 16.4 Å². The van der Waals surface area contributed by atoms with Gasteiger partial charge in [-0.05, 0) is 35.7 Å². The number of hydrogen-bond donors (Lipinski definition) is 2. The number of aliphatic hydroxyl groups is 1. The van der Waals surface area contributed by atoms with Gasteiger partial charge in [-0.3, -0.25) is 10.1 Å². The number of nitrogens with zero attached hydrogens (tertiary/aromatic N) is 2. The average Bonchev–Trinajstić information content (AvgIpc) is 3.00. The summed E-state index contributed by atoms with van der Waals surface area (Å²) in [6.45, 7) is 0.732. The van der Waals surface area contributed by atoms with E-state index in [9.17, 15) is 23.6 Å². The lowest BCUT2D eigenvalue weighted by Gasteiger charge is -2.15. The Morgan fingerprint density at radius 1 is 1.27 bits per heavy atom. The lowest BCUT2D eigenvalue weighted by Crippen LogP contribution is -2.28. The van der Waals surface area contributed by atoms with Crippen LogP contribution >= 0.6 is 0 Å². The zero-order chi connectivity index (χ0) is 18.9. The van der Waals surface area contributed by atoms with Crippen molar-refractivity contribution in [3.05, 3.63) is 63.7 Å². The van der Waals surface area contributed by atoms with E-state index in [1.54, 1.807) is 6.07 Å². The first kappa shape index (κ1) is 18.3. The van der Waals surface area contributed by atoms with Gasteiger partial charge in [0.1, 0.15) is 0 Å². The Morgan fingerprint density at radius 3 is 2.62 bits per heavy atom. The molecule has 0 bridgehead atoms. The van der Waals surface area contributed by atoms with Gasteiger partial charge in [-0.2, -0.15) is 0 Å². The van der Waals surface area contributed by atoms with E-state index in [-0.39, 0.29) is 17.1 Å². The summed E-state index contributed by atoms with van der Waals surface area (Å²) in [6, 6.07) is 10.2. The molecule has 1 unspecified atom stereocenters. The van der Waals surface area contributed by atoms with Crippen LogP contribution in [0.15, 0.2) is 47.4 Å². The third-order valence-corrected chi connectivity index (χ3v) is 5.88. The number of anilines is 1. The molecule has 0 saturated heterocycles. The molecular weight excluding hydrogens is 358 g/mol. The maximum atomic E-state index is 12.3. The second-order valence-corrected chi connectivity index (χ2v) is 7.95. The molecule has 1 aliphatic rings. The van der Waals surface area contributed by atoms with Gasteiger partial charge >= 0.3 is 0 Å². The highest BCUT2D eigenvalue weighted by atomic mass is 32.2. The molecule has 0 saturated carbocycles. The number of nitro benzene ring substituents is 1. The molecule has 2 aromatic rings. The fourth-order valence-electron chi connectivity index (χ4n) is 2.93. The molecule has 0 amide bonds. The van der Waals surface area contributed by atoms with Crippen LogP contribution in [0, 0.1) is 10.1 Å². The molecule has 0 radical (unpaired) electrons. The molecule has 0 fully saturated rings. The van der Waals surface area contributed by atoms with Crippen molar-refractivity contribution in [2.45, 2.75) is 17.4 Å². The maximum Gasteiger partial charge on any atom is 0.269 e. The van der Waals surface area contributed by atoms with Gasteiger partial charge in [-0.25, -0.2) is 13.1 Å². The van der Waals surface area contributed by atoms with Crippen molar-refractivity contribution < 1.29 is 18.4 Å². The van der Waals surface area contributed by atoms with E-state index in [0.717, 1.165) is 48.5 Å². The van der Waals surface area contributed by atoms with Crippen LogP contribution in [0.3, 0.4) is 0 Å². The number of sulfonamides is 1. The molecule has 0 aliphatic carbocycles. The van der Waals surface area contributed by atoms with Gasteiger partial charge in [-0.1, -0.05) is 12.1 Å². The first-order valence-electron chi connectivity index (χ1n) is 8.04. The quantitative estimate of drug-likeness (QED) is 0.584. The molecule has 8 nitrogen and oxygen atoms in total. The summed E-state index contributed by atoms with van der Waals surface area (Å²) in [5, 5.41) is 21.0. The van der Waals surface area contributed by atoms with Crippen molar-refractivity contribution in [2.24, 2.45) is 0 Å². The lowest BCUT2D eigenvalue weighted by atomic mass is 10.0. The number of fused-ring (bicyclic) bond motifs is 1. The second-order valence-electron chi connectivity index (χ2n) is 6.18. The van der Waals surface area contributed by atoms with Crippen LogP contribution in [0.5, 0.6) is 0 Å². The van der Waals surface area contributed by atoms with Gasteiger partial charge in [0.15, 0.2) is 0 Å². The molecule has 9 heteroatoms. The normalized spacial score (nSPS) is 14.9. The van der Waals surface area contributed by atoms with Crippen LogP contribution in [-0.4, -0.2) is 38.6 Å². The molecule has 1 aliphatic heterocycles. The minimum atomic E-state index is -3.87. The molecule has 0 spiro atoms. The van der Waals surface area contributed by atoms with Gasteiger partial charge < -0.3 is 10.0 Å². The number of nitrogens with one attached hydrogen (secondary N) is 1. The molecule has 2 aromatic carbocycles. The monoisotopic (exact) mass is 377 g/mol. The summed E-state index contributed by atoms with van der Waals surface area (Å²) >= 11 is 0. The summed E-state index contributed by atoms with van der Waals surface area (Å²) in [7, 11) is -1.87. The summed E-state index contributed by atoms with van der Waals surface area (Å²) in [4.78, 5) is 12.1. The zero-order valence-electron chi connectivity index (χ0n) is 14.1. The smallest absolute Gasteiger partial charge is 0.269 e. The molecular formula is C17H19N3O5S. The van der Waals surface area contributed by atoms with E-state index in [1.165, 1.54) is 0 Å². The highest BCUT2D eigenvalue weighted by molar-refractivity contribution is 7.89. The van der Waals surface area contributed by atoms with Gasteiger partial charge in [0.05, 0.1) is 15.9 Å². The first-order chi connectivity index (χ1) is 12.3. The zero-order valence-corrected chi connectivity index (χ0v) is 14.9. The number of aliphatic hydroxyl groups excluding tert-OH is 1. The largest absolute Gasteiger partial charge is 0.387 e. The van der Waals surface area contributed by atoms with E-state index in [2.05, 4.69) is 9.62 Å². The number of hydrogen-bond acceptors (Lipinski definition) is 6. The number of nitro groups is 1. The average molecular weight is 377 g/mol. The molecule has 26 heavy (non-hydrogen) atoms. The summed E-state index contributed by atoms with van der Waals surface area (Å²) < 4.78 is 26.9. The summed E-state index contributed by atoms with van der Waals surface area (Å²) in [6.07, 6.45) is -0.0972. The highest BCUT2D eigenvalue weighted by Crippen LogP contribution is 2.29. The Kier molecular flexibility index (Phi) is 4.94. The van der Waals surface area contributed by atoms with Crippen LogP contribution in [0.25, 0.3) is 0 Å². The van der Waals surface area contributed by atoms with E-state index in [1.807, 2.05) is 19.2 Å². The number of likely N-dealkylation sites (N-methyl/N-ethyl adjacent to an activating group) is 1. The number of non-ortho nitro benzene ring substituents is 1. The Morgan fingerprint density at radius 2 is 1.96 bits per heavy atom. The van der Waals surface area contributed by atoms with Crippen molar-refractivity contribution >= 4 is 21.4 Å². The topological polar surface area (TPSA) is 113 Å². The van der Waals surface area contributed by atoms with Gasteiger partial charge in [-0.15, -0.1) is 0 Å². The first-order valence-corrected chi connectivity index (χ1v) is 9.52. The van der Waals surface area contributed by atoms with Crippen LogP contribution in [0.1, 0.15) is 17.2 Å². The van der Waals surface area contributed by atoms with Crippen molar-refractivity contribution in [2.75, 3.05) is 25.0 Å². The van der Waals surface area contributed by atoms with Crippen LogP contribution in [0.4, 0.5) is 11.4 Å². The van der Waals surface area contributed by atoms with Crippen molar-refractivity contribution in [1.82, 2.24) is 4.72 Å². The molecule has 1 atom stereocenters. The van der Waals surface area contributed by atoms with Crippen LogP contribution in [0.2, 0.25) is 0 Å². The third kappa shape index (κ3) is 3.69. The molecule has 138 valence electrons. The minimum absolute atomic E-state index is 0.0918. The summed E-state index contributed by atoms with van der Waals surface area (Å²) in [5.41, 5.74) is 2.70. The highest BCUT2D eigenvalue weighted by Gasteiger charge is 2.20. The van der Waals surface area contributed by atoms with E-state index in [0.29, 0.717) is 5.56 Å². The molecule has 2 N–H and O–H groups in total. The SMILES string of the molecule is CN1CCc2cc(C(O)CNS(=O)(=O)c3ccc([N+](=O)[O-])cc3)ccc21. The van der Waals surface area contributed by atoms with E-state index in [4.69, 9.17) is 0 Å². The predicted molar refractivity (Wildman–Crippen MR) is 96.7 cm³/mol. The third-order valence-electron chi connectivity index (χ3n) is 4.44. The Balaban J connectivity index is 1.68. The fourth-order valence-corrected chi connectivity index (χ4v) is 3.97. The van der Waals surface area contributed by atoms with Crippen molar-refractivity contribution in [1.29, 1.82) is 0 Å².